The molecule has 0 radical (unpaired) electrons. The number of nitrogens with one attached hydrogen (secondary N) is 1. The maximum absolute atomic E-state index is 12.3. The van der Waals surface area contributed by atoms with E-state index in [-0.39, 0.29) is 11.6 Å². The normalized spacial score (nSPS) is 29.3. The average molecular weight is 290 g/mol. The van der Waals surface area contributed by atoms with Crippen molar-refractivity contribution in [2.24, 2.45) is 5.92 Å². The molecule has 1 aromatic rings. The first-order valence-electron chi connectivity index (χ1n) is 7.47. The summed E-state index contributed by atoms with van der Waals surface area (Å²) >= 11 is 0. The first-order valence-corrected chi connectivity index (χ1v) is 7.47. The lowest BCUT2D eigenvalue weighted by atomic mass is 9.80. The molecule has 21 heavy (non-hydrogen) atoms. The van der Waals surface area contributed by atoms with Gasteiger partial charge in [-0.25, -0.2) is 4.79 Å². The fourth-order valence-electron chi connectivity index (χ4n) is 3.38. The Morgan fingerprint density at radius 3 is 3.05 bits per heavy atom. The van der Waals surface area contributed by atoms with Gasteiger partial charge in [0.25, 0.3) is 0 Å². The van der Waals surface area contributed by atoms with Crippen LogP contribution in [-0.2, 0) is 4.74 Å². The zero-order valence-corrected chi connectivity index (χ0v) is 12.6. The molecule has 2 unspecified atom stereocenters. The molecule has 3 rings (SSSR count). The van der Waals surface area contributed by atoms with Crippen LogP contribution in [0.2, 0.25) is 0 Å². The second kappa shape index (κ2) is 5.56. The number of anilines is 1. The summed E-state index contributed by atoms with van der Waals surface area (Å²) in [6, 6.07) is 7.61. The Kier molecular flexibility index (Phi) is 3.76. The summed E-state index contributed by atoms with van der Waals surface area (Å²) in [5.74, 6) is 1.14. The highest BCUT2D eigenvalue weighted by atomic mass is 16.6. The highest BCUT2D eigenvalue weighted by Gasteiger charge is 2.49. The Morgan fingerprint density at radius 1 is 1.48 bits per heavy atom. The fraction of sp³-hybridized carbons (Fsp3) is 0.562. The van der Waals surface area contributed by atoms with E-state index in [0.717, 1.165) is 37.4 Å². The Bertz CT molecular complexity index is 528. The van der Waals surface area contributed by atoms with E-state index in [0.29, 0.717) is 12.5 Å². The highest BCUT2D eigenvalue weighted by molar-refractivity contribution is 5.91. The van der Waals surface area contributed by atoms with E-state index >= 15 is 0 Å². The van der Waals surface area contributed by atoms with Crippen LogP contribution in [0.4, 0.5) is 10.5 Å². The van der Waals surface area contributed by atoms with Gasteiger partial charge in [-0.05, 0) is 44.4 Å². The molecule has 5 heteroatoms. The molecule has 2 atom stereocenters. The van der Waals surface area contributed by atoms with Gasteiger partial charge in [0.2, 0.25) is 0 Å². The molecule has 2 saturated heterocycles. The van der Waals surface area contributed by atoms with Gasteiger partial charge in [-0.3, -0.25) is 4.90 Å². The standard InChI is InChI=1S/C16H22N2O3/c1-16(12-5-4-8-17-10-12)11-21-15(19)18(16)13-6-3-7-14(9-13)20-2/h3,6-7,9,12,17H,4-5,8,10-11H2,1-2H3. The van der Waals surface area contributed by atoms with Gasteiger partial charge in [0, 0.05) is 12.6 Å². The number of amides is 1. The lowest BCUT2D eigenvalue weighted by Gasteiger charge is -2.41. The van der Waals surface area contributed by atoms with Gasteiger partial charge in [-0.1, -0.05) is 6.07 Å². The van der Waals surface area contributed by atoms with E-state index in [9.17, 15) is 4.79 Å². The monoisotopic (exact) mass is 290 g/mol. The van der Waals surface area contributed by atoms with Crippen molar-refractivity contribution in [3.05, 3.63) is 24.3 Å². The van der Waals surface area contributed by atoms with Crippen molar-refractivity contribution >= 4 is 11.8 Å². The predicted octanol–water partition coefficient (Wildman–Crippen LogP) is 2.41. The number of rotatable bonds is 3. The van der Waals surface area contributed by atoms with Crippen LogP contribution < -0.4 is 15.0 Å². The molecule has 2 fully saturated rings. The van der Waals surface area contributed by atoms with E-state index in [2.05, 4.69) is 12.2 Å². The molecule has 1 N–H and O–H groups in total. The second-order valence-corrected chi connectivity index (χ2v) is 5.99. The van der Waals surface area contributed by atoms with Gasteiger partial charge < -0.3 is 14.8 Å². The third kappa shape index (κ3) is 2.46. The van der Waals surface area contributed by atoms with Crippen LogP contribution in [0.3, 0.4) is 0 Å². The third-order valence-corrected chi connectivity index (χ3v) is 4.67. The molecule has 5 nitrogen and oxygen atoms in total. The van der Waals surface area contributed by atoms with E-state index in [1.54, 1.807) is 12.0 Å². The molecule has 114 valence electrons. The Hall–Kier alpha value is -1.75. The van der Waals surface area contributed by atoms with Crippen molar-refractivity contribution in [3.63, 3.8) is 0 Å². The maximum atomic E-state index is 12.3. The van der Waals surface area contributed by atoms with E-state index in [1.165, 1.54) is 0 Å². The number of piperidine rings is 1. The van der Waals surface area contributed by atoms with Crippen LogP contribution in [0, 0.1) is 5.92 Å². The minimum absolute atomic E-state index is 0.267. The summed E-state index contributed by atoms with van der Waals surface area (Å²) in [5, 5.41) is 3.43. The number of nitrogens with zero attached hydrogens (tertiary/aromatic N) is 1. The molecule has 2 aliphatic rings. The first kappa shape index (κ1) is 14.2. The van der Waals surface area contributed by atoms with Crippen molar-refractivity contribution in [1.29, 1.82) is 0 Å². The Balaban J connectivity index is 1.94. The summed E-state index contributed by atoms with van der Waals surface area (Å²) in [4.78, 5) is 14.1. The molecule has 0 bridgehead atoms. The number of methoxy groups -OCH3 is 1. The smallest absolute Gasteiger partial charge is 0.415 e. The SMILES string of the molecule is COc1cccc(N2C(=O)OCC2(C)C2CCCNC2)c1. The fourth-order valence-corrected chi connectivity index (χ4v) is 3.38. The van der Waals surface area contributed by atoms with Crippen LogP contribution in [0.15, 0.2) is 24.3 Å². The van der Waals surface area contributed by atoms with E-state index < -0.39 is 0 Å². The zero-order chi connectivity index (χ0) is 14.9. The number of ether oxygens (including phenoxy) is 2. The number of hydrogen-bond donors (Lipinski definition) is 1. The first-order chi connectivity index (χ1) is 10.1. The van der Waals surface area contributed by atoms with Gasteiger partial charge in [0.15, 0.2) is 0 Å². The van der Waals surface area contributed by atoms with Gasteiger partial charge >= 0.3 is 6.09 Å². The molecule has 2 aliphatic heterocycles. The van der Waals surface area contributed by atoms with Gasteiger partial charge in [0.05, 0.1) is 18.3 Å². The van der Waals surface area contributed by atoms with Gasteiger partial charge in [-0.15, -0.1) is 0 Å². The molecule has 0 aliphatic carbocycles. The lowest BCUT2D eigenvalue weighted by Crippen LogP contribution is -2.55. The van der Waals surface area contributed by atoms with E-state index in [4.69, 9.17) is 9.47 Å². The molecule has 1 aromatic carbocycles. The summed E-state index contributed by atoms with van der Waals surface area (Å²) in [6.45, 7) is 4.54. The second-order valence-electron chi connectivity index (χ2n) is 5.99. The van der Waals surface area contributed by atoms with Crippen molar-refractivity contribution in [1.82, 2.24) is 5.32 Å². The molecule has 0 spiro atoms. The lowest BCUT2D eigenvalue weighted by molar-refractivity contribution is 0.157. The zero-order valence-electron chi connectivity index (χ0n) is 12.6. The molecule has 0 saturated carbocycles. The van der Waals surface area contributed by atoms with Gasteiger partial charge in [0.1, 0.15) is 12.4 Å². The van der Waals surface area contributed by atoms with E-state index in [1.807, 2.05) is 24.3 Å². The summed E-state index contributed by atoms with van der Waals surface area (Å²) in [5.41, 5.74) is 0.529. The third-order valence-electron chi connectivity index (χ3n) is 4.67. The van der Waals surface area contributed by atoms with Crippen molar-refractivity contribution in [3.8, 4) is 5.75 Å². The van der Waals surface area contributed by atoms with Crippen LogP contribution >= 0.6 is 0 Å². The van der Waals surface area contributed by atoms with Crippen molar-refractivity contribution in [2.45, 2.75) is 25.3 Å². The number of carbonyl (C=O) groups is 1. The Labute approximate surface area is 125 Å². The minimum atomic E-state index is -0.309. The number of carbonyl (C=O) groups excluding carboxylic acids is 1. The van der Waals surface area contributed by atoms with Crippen LogP contribution in [0.25, 0.3) is 0 Å². The number of cyclic esters (lactones) is 1. The van der Waals surface area contributed by atoms with Crippen LogP contribution in [0.5, 0.6) is 5.75 Å². The molecule has 1 amide bonds. The van der Waals surface area contributed by atoms with Crippen LogP contribution in [-0.4, -0.2) is 38.4 Å². The molecule has 2 heterocycles. The molecular formula is C16H22N2O3. The summed E-state index contributed by atoms with van der Waals surface area (Å²) in [6.07, 6.45) is 1.98. The van der Waals surface area contributed by atoms with Crippen LogP contribution in [0.1, 0.15) is 19.8 Å². The molecule has 0 aromatic heterocycles. The summed E-state index contributed by atoms with van der Waals surface area (Å²) < 4.78 is 10.7. The Morgan fingerprint density at radius 2 is 2.33 bits per heavy atom. The van der Waals surface area contributed by atoms with Crippen molar-refractivity contribution < 1.29 is 14.3 Å². The topological polar surface area (TPSA) is 50.8 Å². The number of hydrogen-bond acceptors (Lipinski definition) is 4. The highest BCUT2D eigenvalue weighted by Crippen LogP contribution is 2.39. The van der Waals surface area contributed by atoms with Gasteiger partial charge in [-0.2, -0.15) is 0 Å². The average Bonchev–Trinajstić information content (AvgIpc) is 2.85. The number of benzene rings is 1. The molecular weight excluding hydrogens is 268 g/mol. The quantitative estimate of drug-likeness (QED) is 0.929. The minimum Gasteiger partial charge on any atom is -0.497 e. The van der Waals surface area contributed by atoms with Crippen molar-refractivity contribution in [2.75, 3.05) is 31.7 Å². The largest absolute Gasteiger partial charge is 0.497 e. The predicted molar refractivity (Wildman–Crippen MR) is 80.8 cm³/mol. The maximum Gasteiger partial charge on any atom is 0.415 e. The summed E-state index contributed by atoms with van der Waals surface area (Å²) in [7, 11) is 1.63.